The van der Waals surface area contributed by atoms with E-state index in [2.05, 4.69) is 60.9 Å². The molecule has 6 nitrogen and oxygen atoms in total. The van der Waals surface area contributed by atoms with E-state index in [0.717, 1.165) is 24.5 Å². The molecule has 2 aromatic rings. The summed E-state index contributed by atoms with van der Waals surface area (Å²) >= 11 is 0. The number of rotatable bonds is 4. The van der Waals surface area contributed by atoms with Gasteiger partial charge in [-0.25, -0.2) is 9.97 Å². The average molecular weight is 377 g/mol. The Morgan fingerprint density at radius 3 is 1.52 bits per heavy atom. The van der Waals surface area contributed by atoms with Gasteiger partial charge in [-0.2, -0.15) is 0 Å². The second-order valence-electron chi connectivity index (χ2n) is 6.54. The Morgan fingerprint density at radius 1 is 0.852 bits per heavy atom. The van der Waals surface area contributed by atoms with Gasteiger partial charge in [0, 0.05) is 38.8 Å². The maximum Gasteiger partial charge on any atom is 0.197 e. The molecule has 2 heterocycles. The Kier molecular flexibility index (Phi) is 10.5. The number of hydrogen-bond acceptors (Lipinski definition) is 4. The molecule has 27 heavy (non-hydrogen) atoms. The molecule has 0 unspecified atom stereocenters. The van der Waals surface area contributed by atoms with Crippen LogP contribution < -0.4 is 0 Å². The van der Waals surface area contributed by atoms with E-state index in [1.807, 2.05) is 13.8 Å². The fraction of sp³-hybridized carbons (Fsp3) is 0.619. The lowest BCUT2D eigenvalue weighted by Gasteiger charge is -1.99. The smallest absolute Gasteiger partial charge is 0.197 e. The van der Waals surface area contributed by atoms with Crippen molar-refractivity contribution in [3.8, 4) is 0 Å². The summed E-state index contributed by atoms with van der Waals surface area (Å²) in [6.07, 6.45) is 2.44. The minimum absolute atomic E-state index is 0.292. The zero-order valence-corrected chi connectivity index (χ0v) is 18.7. The quantitative estimate of drug-likeness (QED) is 0.762. The van der Waals surface area contributed by atoms with E-state index in [1.165, 1.54) is 29.7 Å². The van der Waals surface area contributed by atoms with Gasteiger partial charge in [0.2, 0.25) is 0 Å². The van der Waals surface area contributed by atoms with Gasteiger partial charge >= 0.3 is 0 Å². The molecule has 6 heteroatoms. The number of ketones is 2. The molecule has 0 aliphatic carbocycles. The van der Waals surface area contributed by atoms with E-state index in [0.29, 0.717) is 6.42 Å². The van der Waals surface area contributed by atoms with Gasteiger partial charge in [0.1, 0.15) is 11.6 Å². The molecule has 2 rings (SSSR count). The highest BCUT2D eigenvalue weighted by molar-refractivity contribution is 6.36. The number of carbonyl (C=O) groups excluding carboxylic acids is 2. The Morgan fingerprint density at radius 2 is 1.37 bits per heavy atom. The minimum Gasteiger partial charge on any atom is -0.335 e. The summed E-state index contributed by atoms with van der Waals surface area (Å²) in [4.78, 5) is 28.9. The van der Waals surface area contributed by atoms with Crippen molar-refractivity contribution in [2.45, 2.75) is 74.7 Å². The largest absolute Gasteiger partial charge is 0.335 e. The summed E-state index contributed by atoms with van der Waals surface area (Å²) in [5.74, 6) is 1.58. The van der Waals surface area contributed by atoms with Crippen LogP contribution in [0.25, 0.3) is 0 Å². The summed E-state index contributed by atoms with van der Waals surface area (Å²) < 4.78 is 4.27. The lowest BCUT2D eigenvalue weighted by atomic mass is 10.2. The highest BCUT2D eigenvalue weighted by atomic mass is 16.2. The summed E-state index contributed by atoms with van der Waals surface area (Å²) in [5.41, 5.74) is 5.03. The van der Waals surface area contributed by atoms with Crippen LogP contribution in [-0.4, -0.2) is 30.7 Å². The van der Waals surface area contributed by atoms with Crippen molar-refractivity contribution >= 4 is 11.6 Å². The zero-order chi connectivity index (χ0) is 21.3. The molecule has 0 N–H and O–H groups in total. The van der Waals surface area contributed by atoms with Crippen LogP contribution in [0.4, 0.5) is 0 Å². The molecule has 0 atom stereocenters. The first-order valence-corrected chi connectivity index (χ1v) is 9.52. The van der Waals surface area contributed by atoms with Crippen LogP contribution in [0.1, 0.15) is 68.5 Å². The van der Waals surface area contributed by atoms with Crippen molar-refractivity contribution < 1.29 is 9.59 Å². The highest BCUT2D eigenvalue weighted by Gasteiger charge is 2.05. The van der Waals surface area contributed by atoms with Crippen LogP contribution in [0, 0.1) is 27.7 Å². The fourth-order valence-corrected chi connectivity index (χ4v) is 2.68. The van der Waals surface area contributed by atoms with E-state index in [1.54, 1.807) is 6.92 Å². The topological polar surface area (TPSA) is 69.8 Å². The maximum atomic E-state index is 10.2. The highest BCUT2D eigenvalue weighted by Crippen LogP contribution is 2.08. The molecule has 0 bridgehead atoms. The van der Waals surface area contributed by atoms with Crippen LogP contribution in [0.15, 0.2) is 0 Å². The van der Waals surface area contributed by atoms with E-state index < -0.39 is 0 Å². The molecule has 0 amide bonds. The van der Waals surface area contributed by atoms with Gasteiger partial charge in [-0.15, -0.1) is 0 Å². The van der Waals surface area contributed by atoms with Gasteiger partial charge in [-0.05, 0) is 40.5 Å². The third-order valence-corrected chi connectivity index (χ3v) is 4.72. The van der Waals surface area contributed by atoms with Crippen molar-refractivity contribution in [3.05, 3.63) is 34.4 Å². The van der Waals surface area contributed by atoms with Crippen LogP contribution in [0.5, 0.6) is 0 Å². The molecule has 0 fully saturated rings. The summed E-state index contributed by atoms with van der Waals surface area (Å²) in [7, 11) is 4.12. The predicted molar refractivity (Wildman–Crippen MR) is 110 cm³/mol. The molecule has 2 aromatic heterocycles. The van der Waals surface area contributed by atoms with E-state index in [-0.39, 0.29) is 11.6 Å². The minimum atomic E-state index is -0.345. The van der Waals surface area contributed by atoms with Gasteiger partial charge < -0.3 is 9.13 Å². The van der Waals surface area contributed by atoms with Crippen LogP contribution in [0.3, 0.4) is 0 Å². The molecular weight excluding hydrogens is 340 g/mol. The summed E-state index contributed by atoms with van der Waals surface area (Å²) in [6, 6.07) is 0. The van der Waals surface area contributed by atoms with E-state index in [4.69, 9.17) is 0 Å². The molecule has 0 saturated carbocycles. The van der Waals surface area contributed by atoms with Crippen LogP contribution in [-0.2, 0) is 36.5 Å². The molecular formula is C21H36N4O2. The molecule has 0 aliphatic heterocycles. The Balaban J connectivity index is 0.000000384. The molecule has 0 aliphatic rings. The van der Waals surface area contributed by atoms with Gasteiger partial charge in [0.15, 0.2) is 11.6 Å². The molecule has 0 radical (unpaired) electrons. The number of nitrogens with zero attached hydrogens (tertiary/aromatic N) is 4. The number of aryl methyl sites for hydroxylation is 4. The lowest BCUT2D eigenvalue weighted by molar-refractivity contribution is -0.135. The van der Waals surface area contributed by atoms with E-state index in [9.17, 15) is 9.59 Å². The second-order valence-corrected chi connectivity index (χ2v) is 6.54. The average Bonchev–Trinajstić information content (AvgIpc) is 3.03. The number of imidazole rings is 2. The molecule has 0 aromatic carbocycles. The van der Waals surface area contributed by atoms with Crippen molar-refractivity contribution in [2.24, 2.45) is 14.1 Å². The first-order chi connectivity index (χ1) is 12.5. The van der Waals surface area contributed by atoms with E-state index >= 15 is 0 Å². The second kappa shape index (κ2) is 11.5. The molecule has 0 spiro atoms. The van der Waals surface area contributed by atoms with Gasteiger partial charge in [0.25, 0.3) is 0 Å². The van der Waals surface area contributed by atoms with Crippen molar-refractivity contribution in [1.82, 2.24) is 19.1 Å². The van der Waals surface area contributed by atoms with Gasteiger partial charge in [-0.1, -0.05) is 20.8 Å². The summed E-state index contributed by atoms with van der Waals surface area (Å²) in [6.45, 7) is 15.5. The summed E-state index contributed by atoms with van der Waals surface area (Å²) in [5, 5.41) is 0. The van der Waals surface area contributed by atoms with Gasteiger partial charge in [-0.3, -0.25) is 9.59 Å². The first kappa shape index (κ1) is 24.8. The predicted octanol–water partition coefficient (Wildman–Crippen LogP) is 3.75. The third kappa shape index (κ3) is 7.12. The molecule has 0 saturated heterocycles. The number of aromatic nitrogens is 4. The fourth-order valence-electron chi connectivity index (χ4n) is 2.68. The normalized spacial score (nSPS) is 9.85. The van der Waals surface area contributed by atoms with Crippen molar-refractivity contribution in [2.75, 3.05) is 0 Å². The monoisotopic (exact) mass is 376 g/mol. The lowest BCUT2D eigenvalue weighted by Crippen LogP contribution is -2.06. The third-order valence-electron chi connectivity index (χ3n) is 4.72. The van der Waals surface area contributed by atoms with Crippen LogP contribution >= 0.6 is 0 Å². The molecule has 152 valence electrons. The van der Waals surface area contributed by atoms with Crippen LogP contribution in [0.2, 0.25) is 0 Å². The SMILES string of the molecule is CCC(=O)C(C)=O.CCc1c(C)nc(C)n1C.CCc1nc(C)n(C)c1C. The Hall–Kier alpha value is -2.24. The number of hydrogen-bond donors (Lipinski definition) is 0. The number of carbonyl (C=O) groups is 2. The Labute approximate surface area is 164 Å². The number of Topliss-reactive ketones (excluding diaryl/α,β-unsaturated/α-hetero) is 2. The maximum absolute atomic E-state index is 10.2. The van der Waals surface area contributed by atoms with Gasteiger partial charge in [0.05, 0.1) is 11.4 Å². The zero-order valence-electron chi connectivity index (χ0n) is 18.7. The Bertz CT molecular complexity index is 770. The first-order valence-electron chi connectivity index (χ1n) is 9.52. The standard InChI is InChI=1S/2C8H14N2.C5H8O2/c1-5-8-6(2)10(4)7(3)9-8;1-5-8-6(2)9-7(3)10(8)4;1-3-5(7)4(2)6/h2*5H2,1-4H3;3H2,1-2H3. The van der Waals surface area contributed by atoms with Crippen molar-refractivity contribution in [3.63, 3.8) is 0 Å². The van der Waals surface area contributed by atoms with Crippen molar-refractivity contribution in [1.29, 1.82) is 0 Å².